The van der Waals surface area contributed by atoms with E-state index in [1.807, 2.05) is 6.07 Å². The Morgan fingerprint density at radius 3 is 3.00 bits per heavy atom. The number of nitro benzene ring substituents is 1. The third-order valence-corrected chi connectivity index (χ3v) is 3.66. The molecule has 104 valence electrons. The number of hydrogen-bond acceptors (Lipinski definition) is 5. The first-order valence-corrected chi connectivity index (χ1v) is 6.62. The summed E-state index contributed by atoms with van der Waals surface area (Å²) in [6.45, 7) is 1.40. The fourth-order valence-corrected chi connectivity index (χ4v) is 2.74. The number of hydrogen-bond donors (Lipinski definition) is 1. The third kappa shape index (κ3) is 2.18. The fraction of sp³-hybridized carbons (Fsp3) is 0.357. The molecule has 3 rings (SSSR count). The molecule has 1 aliphatic heterocycles. The fourth-order valence-electron chi connectivity index (χ4n) is 2.74. The highest BCUT2D eigenvalue weighted by Gasteiger charge is 2.22. The summed E-state index contributed by atoms with van der Waals surface area (Å²) in [6.07, 6.45) is 2.94. The van der Waals surface area contributed by atoms with E-state index in [0.717, 1.165) is 30.5 Å². The number of piperidine rings is 1. The van der Waals surface area contributed by atoms with Crippen LogP contribution >= 0.6 is 0 Å². The predicted octanol–water partition coefficient (Wildman–Crippen LogP) is 2.10. The molecule has 1 aliphatic rings. The van der Waals surface area contributed by atoms with Crippen molar-refractivity contribution in [2.24, 2.45) is 0 Å². The van der Waals surface area contributed by atoms with E-state index in [2.05, 4.69) is 9.88 Å². The van der Waals surface area contributed by atoms with Crippen molar-refractivity contribution < 1.29 is 10.0 Å². The maximum atomic E-state index is 11.1. The van der Waals surface area contributed by atoms with Gasteiger partial charge in [0.1, 0.15) is 5.52 Å². The SMILES string of the molecule is O=[N+]([O-])c1ccc(N2CCC[C@@H](O)C2)c2cccnc12. The summed E-state index contributed by atoms with van der Waals surface area (Å²) in [5.74, 6) is 0. The lowest BCUT2D eigenvalue weighted by Crippen LogP contribution is -2.38. The smallest absolute Gasteiger partial charge is 0.295 e. The number of pyridine rings is 1. The molecule has 1 aromatic carbocycles. The van der Waals surface area contributed by atoms with Gasteiger partial charge in [-0.05, 0) is 31.0 Å². The highest BCUT2D eigenvalue weighted by molar-refractivity contribution is 5.97. The molecule has 0 spiro atoms. The minimum absolute atomic E-state index is 0.0157. The molecule has 1 N–H and O–H groups in total. The number of nitrogens with zero attached hydrogens (tertiary/aromatic N) is 3. The van der Waals surface area contributed by atoms with E-state index < -0.39 is 4.92 Å². The van der Waals surface area contributed by atoms with Crippen LogP contribution < -0.4 is 4.90 Å². The highest BCUT2D eigenvalue weighted by atomic mass is 16.6. The van der Waals surface area contributed by atoms with Crippen LogP contribution in [0.2, 0.25) is 0 Å². The number of aromatic nitrogens is 1. The molecule has 0 aliphatic carbocycles. The molecule has 6 heteroatoms. The quantitative estimate of drug-likeness (QED) is 0.669. The monoisotopic (exact) mass is 273 g/mol. The Hall–Kier alpha value is -2.21. The highest BCUT2D eigenvalue weighted by Crippen LogP contribution is 2.33. The summed E-state index contributed by atoms with van der Waals surface area (Å²) in [7, 11) is 0. The molecule has 2 heterocycles. The van der Waals surface area contributed by atoms with Crippen LogP contribution in [0.1, 0.15) is 12.8 Å². The van der Waals surface area contributed by atoms with Gasteiger partial charge in [-0.25, -0.2) is 4.98 Å². The number of aliphatic hydroxyl groups excluding tert-OH is 1. The van der Waals surface area contributed by atoms with Crippen molar-refractivity contribution in [1.82, 2.24) is 4.98 Å². The van der Waals surface area contributed by atoms with Crippen LogP contribution in [0.15, 0.2) is 30.5 Å². The number of aliphatic hydroxyl groups is 1. The standard InChI is InChI=1S/C14H15N3O3/c18-10-3-2-8-16(9-10)12-5-6-13(17(19)20)14-11(12)4-1-7-15-14/h1,4-7,10,18H,2-3,8-9H2/t10-/m1/s1. The van der Waals surface area contributed by atoms with Gasteiger partial charge in [0, 0.05) is 36.4 Å². The summed E-state index contributed by atoms with van der Waals surface area (Å²) in [4.78, 5) is 16.9. The molecule has 20 heavy (non-hydrogen) atoms. The molecule has 0 unspecified atom stereocenters. The van der Waals surface area contributed by atoms with Crippen molar-refractivity contribution in [2.75, 3.05) is 18.0 Å². The first-order valence-electron chi connectivity index (χ1n) is 6.62. The molecule has 0 bridgehead atoms. The van der Waals surface area contributed by atoms with Crippen LogP contribution in [0.3, 0.4) is 0 Å². The topological polar surface area (TPSA) is 79.5 Å². The zero-order chi connectivity index (χ0) is 14.1. The van der Waals surface area contributed by atoms with Gasteiger partial charge in [0.15, 0.2) is 0 Å². The number of rotatable bonds is 2. The van der Waals surface area contributed by atoms with E-state index in [1.54, 1.807) is 18.3 Å². The van der Waals surface area contributed by atoms with Crippen molar-refractivity contribution in [3.63, 3.8) is 0 Å². The Kier molecular flexibility index (Phi) is 3.23. The van der Waals surface area contributed by atoms with E-state index >= 15 is 0 Å². The van der Waals surface area contributed by atoms with Gasteiger partial charge in [-0.1, -0.05) is 0 Å². The van der Waals surface area contributed by atoms with Gasteiger partial charge in [-0.2, -0.15) is 0 Å². The van der Waals surface area contributed by atoms with Crippen molar-refractivity contribution in [1.29, 1.82) is 0 Å². The first-order chi connectivity index (χ1) is 9.66. The van der Waals surface area contributed by atoms with Crippen molar-refractivity contribution in [3.8, 4) is 0 Å². The molecular formula is C14H15N3O3. The van der Waals surface area contributed by atoms with Crippen LogP contribution in [0.4, 0.5) is 11.4 Å². The van der Waals surface area contributed by atoms with Gasteiger partial charge >= 0.3 is 0 Å². The van der Waals surface area contributed by atoms with E-state index in [1.165, 1.54) is 6.07 Å². The van der Waals surface area contributed by atoms with Crippen LogP contribution in [0.25, 0.3) is 10.9 Å². The maximum absolute atomic E-state index is 11.1. The van der Waals surface area contributed by atoms with Crippen molar-refractivity contribution >= 4 is 22.3 Å². The van der Waals surface area contributed by atoms with Gasteiger partial charge in [0.2, 0.25) is 0 Å². The predicted molar refractivity (Wildman–Crippen MR) is 75.9 cm³/mol. The molecule has 1 aromatic heterocycles. The number of anilines is 1. The second-order valence-electron chi connectivity index (χ2n) is 5.00. The lowest BCUT2D eigenvalue weighted by atomic mass is 10.1. The lowest BCUT2D eigenvalue weighted by Gasteiger charge is -2.32. The zero-order valence-electron chi connectivity index (χ0n) is 10.9. The van der Waals surface area contributed by atoms with Crippen molar-refractivity contribution in [2.45, 2.75) is 18.9 Å². The largest absolute Gasteiger partial charge is 0.391 e. The van der Waals surface area contributed by atoms with Crippen molar-refractivity contribution in [3.05, 3.63) is 40.6 Å². The summed E-state index contributed by atoms with van der Waals surface area (Å²) in [6, 6.07) is 6.85. The Morgan fingerprint density at radius 1 is 1.40 bits per heavy atom. The van der Waals surface area contributed by atoms with Crippen LogP contribution in [-0.2, 0) is 0 Å². The Balaban J connectivity index is 2.12. The summed E-state index contributed by atoms with van der Waals surface area (Å²) in [5, 5.41) is 21.6. The first kappa shape index (κ1) is 12.8. The Labute approximate surface area is 115 Å². The van der Waals surface area contributed by atoms with E-state index in [-0.39, 0.29) is 11.8 Å². The van der Waals surface area contributed by atoms with E-state index in [0.29, 0.717) is 12.1 Å². The van der Waals surface area contributed by atoms with Gasteiger partial charge in [0.05, 0.1) is 11.0 Å². The van der Waals surface area contributed by atoms with Crippen LogP contribution in [-0.4, -0.2) is 34.2 Å². The summed E-state index contributed by atoms with van der Waals surface area (Å²) < 4.78 is 0. The summed E-state index contributed by atoms with van der Waals surface area (Å²) >= 11 is 0. The molecule has 0 amide bonds. The minimum atomic E-state index is -0.413. The van der Waals surface area contributed by atoms with Gasteiger partial charge in [0.25, 0.3) is 5.69 Å². The normalized spacial score (nSPS) is 19.2. The van der Waals surface area contributed by atoms with Gasteiger partial charge in [-0.3, -0.25) is 10.1 Å². The number of benzene rings is 1. The maximum Gasteiger partial charge on any atom is 0.295 e. The lowest BCUT2D eigenvalue weighted by molar-refractivity contribution is -0.383. The number of non-ortho nitro benzene ring substituents is 1. The number of nitro groups is 1. The molecule has 1 saturated heterocycles. The molecule has 6 nitrogen and oxygen atoms in total. The summed E-state index contributed by atoms with van der Waals surface area (Å²) in [5.41, 5.74) is 1.31. The molecule has 1 atom stereocenters. The molecule has 1 fully saturated rings. The third-order valence-electron chi connectivity index (χ3n) is 3.66. The number of β-amino-alcohol motifs (C(OH)–C–C–N with tert-alkyl or cyclic N) is 1. The van der Waals surface area contributed by atoms with Crippen LogP contribution in [0, 0.1) is 10.1 Å². The Bertz CT molecular complexity index is 659. The minimum Gasteiger partial charge on any atom is -0.391 e. The molecule has 0 saturated carbocycles. The van der Waals surface area contributed by atoms with Gasteiger partial charge in [-0.15, -0.1) is 0 Å². The average Bonchev–Trinajstić information content (AvgIpc) is 2.46. The molecular weight excluding hydrogens is 258 g/mol. The number of fused-ring (bicyclic) bond motifs is 1. The second-order valence-corrected chi connectivity index (χ2v) is 5.00. The van der Waals surface area contributed by atoms with Crippen LogP contribution in [0.5, 0.6) is 0 Å². The Morgan fingerprint density at radius 2 is 2.25 bits per heavy atom. The molecule has 2 aromatic rings. The zero-order valence-corrected chi connectivity index (χ0v) is 10.9. The average molecular weight is 273 g/mol. The van der Waals surface area contributed by atoms with E-state index in [9.17, 15) is 15.2 Å². The van der Waals surface area contributed by atoms with E-state index in [4.69, 9.17) is 0 Å². The second kappa shape index (κ2) is 5.05. The molecule has 0 radical (unpaired) electrons. The van der Waals surface area contributed by atoms with Gasteiger partial charge < -0.3 is 10.0 Å².